The summed E-state index contributed by atoms with van der Waals surface area (Å²) in [5.74, 6) is 0.637. The van der Waals surface area contributed by atoms with Crippen molar-refractivity contribution in [2.75, 3.05) is 0 Å². The molecular weight excluding hydrogens is 325 g/mol. The largest absolute Gasteiger partial charge is 0.388 e. The van der Waals surface area contributed by atoms with Crippen LogP contribution in [-0.2, 0) is 0 Å². The van der Waals surface area contributed by atoms with Crippen LogP contribution in [0.2, 0.25) is 0 Å². The molecule has 0 aliphatic carbocycles. The van der Waals surface area contributed by atoms with Gasteiger partial charge in [0.25, 0.3) is 0 Å². The van der Waals surface area contributed by atoms with Crippen molar-refractivity contribution >= 4 is 39.8 Å². The standard InChI is InChI=1S/C8H6IN5S/c9-5-1-13-14(4-5)7-3-11-6(2-12-7)8(10)15/h1-4H,(H2,10,15). The molecule has 0 unspecified atom stereocenters. The smallest absolute Gasteiger partial charge is 0.171 e. The van der Waals surface area contributed by atoms with Crippen LogP contribution in [0.4, 0.5) is 0 Å². The first-order valence-corrected chi connectivity index (χ1v) is 5.48. The molecule has 0 bridgehead atoms. The summed E-state index contributed by atoms with van der Waals surface area (Å²) in [5, 5.41) is 4.10. The van der Waals surface area contributed by atoms with Gasteiger partial charge in [0.2, 0.25) is 0 Å². The third-order valence-corrected chi connectivity index (χ3v) is 2.44. The zero-order valence-corrected chi connectivity index (χ0v) is 10.4. The van der Waals surface area contributed by atoms with Crippen LogP contribution in [0.15, 0.2) is 24.8 Å². The van der Waals surface area contributed by atoms with Gasteiger partial charge >= 0.3 is 0 Å². The van der Waals surface area contributed by atoms with E-state index in [-0.39, 0.29) is 4.99 Å². The van der Waals surface area contributed by atoms with Crippen LogP contribution in [-0.4, -0.2) is 24.7 Å². The second-order valence-electron chi connectivity index (χ2n) is 2.73. The average molecular weight is 331 g/mol. The summed E-state index contributed by atoms with van der Waals surface area (Å²) in [7, 11) is 0. The minimum atomic E-state index is 0.240. The van der Waals surface area contributed by atoms with Crippen LogP contribution in [0.1, 0.15) is 5.69 Å². The van der Waals surface area contributed by atoms with Gasteiger partial charge in [-0.15, -0.1) is 0 Å². The van der Waals surface area contributed by atoms with E-state index in [9.17, 15) is 0 Å². The predicted molar refractivity (Wildman–Crippen MR) is 67.8 cm³/mol. The Morgan fingerprint density at radius 3 is 2.60 bits per heavy atom. The first-order chi connectivity index (χ1) is 7.16. The monoisotopic (exact) mass is 331 g/mol. The Morgan fingerprint density at radius 1 is 1.33 bits per heavy atom. The highest BCUT2D eigenvalue weighted by Crippen LogP contribution is 2.06. The van der Waals surface area contributed by atoms with Gasteiger partial charge in [0.1, 0.15) is 10.7 Å². The van der Waals surface area contributed by atoms with Gasteiger partial charge in [-0.1, -0.05) is 12.2 Å². The molecule has 2 N–H and O–H groups in total. The van der Waals surface area contributed by atoms with E-state index in [1.165, 1.54) is 6.20 Å². The Kier molecular flexibility index (Phi) is 2.91. The van der Waals surface area contributed by atoms with Crippen molar-refractivity contribution in [3.05, 3.63) is 34.1 Å². The second kappa shape index (κ2) is 4.19. The van der Waals surface area contributed by atoms with Crippen molar-refractivity contribution in [1.29, 1.82) is 0 Å². The molecule has 0 aliphatic heterocycles. The van der Waals surface area contributed by atoms with E-state index in [1.54, 1.807) is 17.1 Å². The molecule has 0 aromatic carbocycles. The summed E-state index contributed by atoms with van der Waals surface area (Å²) in [6.45, 7) is 0. The lowest BCUT2D eigenvalue weighted by atomic mass is 10.4. The molecule has 2 heterocycles. The van der Waals surface area contributed by atoms with E-state index in [4.69, 9.17) is 18.0 Å². The van der Waals surface area contributed by atoms with Crippen molar-refractivity contribution < 1.29 is 0 Å². The molecule has 0 atom stereocenters. The molecule has 2 aromatic rings. The van der Waals surface area contributed by atoms with E-state index in [0.717, 1.165) is 3.57 Å². The maximum Gasteiger partial charge on any atom is 0.171 e. The predicted octanol–water partition coefficient (Wildman–Crippen LogP) is 0.901. The van der Waals surface area contributed by atoms with Crippen LogP contribution >= 0.6 is 34.8 Å². The number of hydrogen-bond acceptors (Lipinski definition) is 4. The van der Waals surface area contributed by atoms with Crippen molar-refractivity contribution in [2.45, 2.75) is 0 Å². The Hall–Kier alpha value is -1.09. The average Bonchev–Trinajstić information content (AvgIpc) is 2.65. The van der Waals surface area contributed by atoms with Crippen LogP contribution in [0, 0.1) is 3.57 Å². The van der Waals surface area contributed by atoms with Crippen LogP contribution < -0.4 is 5.73 Å². The topological polar surface area (TPSA) is 69.6 Å². The number of thiocarbonyl (C=S) groups is 1. The van der Waals surface area contributed by atoms with Gasteiger partial charge in [0.05, 0.1) is 22.2 Å². The van der Waals surface area contributed by atoms with Gasteiger partial charge in [-0.2, -0.15) is 5.10 Å². The fraction of sp³-hybridized carbons (Fsp3) is 0. The van der Waals surface area contributed by atoms with Gasteiger partial charge in [-0.05, 0) is 22.6 Å². The first kappa shape index (κ1) is 10.4. The molecular formula is C8H6IN5S. The summed E-state index contributed by atoms with van der Waals surface area (Å²) in [5.41, 5.74) is 5.92. The number of rotatable bonds is 2. The number of aromatic nitrogens is 4. The highest BCUT2D eigenvalue weighted by molar-refractivity contribution is 14.1. The molecule has 2 rings (SSSR count). The van der Waals surface area contributed by atoms with E-state index < -0.39 is 0 Å². The van der Waals surface area contributed by atoms with Crippen LogP contribution in [0.3, 0.4) is 0 Å². The van der Waals surface area contributed by atoms with Crippen molar-refractivity contribution in [3.8, 4) is 5.82 Å². The highest BCUT2D eigenvalue weighted by atomic mass is 127. The summed E-state index contributed by atoms with van der Waals surface area (Å²) in [4.78, 5) is 8.46. The molecule has 0 radical (unpaired) electrons. The highest BCUT2D eigenvalue weighted by Gasteiger charge is 2.02. The zero-order valence-electron chi connectivity index (χ0n) is 7.46. The molecule has 15 heavy (non-hydrogen) atoms. The molecule has 7 heteroatoms. The first-order valence-electron chi connectivity index (χ1n) is 3.99. The quantitative estimate of drug-likeness (QED) is 0.654. The summed E-state index contributed by atoms with van der Waals surface area (Å²) >= 11 is 6.95. The summed E-state index contributed by atoms with van der Waals surface area (Å²) in [6.07, 6.45) is 6.71. The molecule has 0 aliphatic rings. The van der Waals surface area contributed by atoms with Crippen LogP contribution in [0.25, 0.3) is 5.82 Å². The summed E-state index contributed by atoms with van der Waals surface area (Å²) < 4.78 is 2.67. The third-order valence-electron chi connectivity index (χ3n) is 1.68. The molecule has 0 saturated carbocycles. The molecule has 2 aromatic heterocycles. The Balaban J connectivity index is 2.35. The van der Waals surface area contributed by atoms with Crippen molar-refractivity contribution in [2.24, 2.45) is 5.73 Å². The fourth-order valence-corrected chi connectivity index (χ4v) is 1.49. The van der Waals surface area contributed by atoms with E-state index >= 15 is 0 Å². The SMILES string of the molecule is NC(=S)c1cnc(-n2cc(I)cn2)cn1. The van der Waals surface area contributed by atoms with Gasteiger partial charge < -0.3 is 5.73 Å². The van der Waals surface area contributed by atoms with E-state index in [1.807, 2.05) is 6.20 Å². The molecule has 0 amide bonds. The summed E-state index contributed by atoms with van der Waals surface area (Å²) in [6, 6.07) is 0. The minimum absolute atomic E-state index is 0.240. The van der Waals surface area contributed by atoms with Gasteiger partial charge in [-0.3, -0.25) is 0 Å². The van der Waals surface area contributed by atoms with E-state index in [0.29, 0.717) is 11.5 Å². The number of nitrogens with zero attached hydrogens (tertiary/aromatic N) is 4. The lowest BCUT2D eigenvalue weighted by Crippen LogP contribution is -2.12. The second-order valence-corrected chi connectivity index (χ2v) is 4.41. The lowest BCUT2D eigenvalue weighted by molar-refractivity contribution is 0.836. The zero-order chi connectivity index (χ0) is 10.8. The number of nitrogens with two attached hydrogens (primary N) is 1. The number of hydrogen-bond donors (Lipinski definition) is 1. The Labute approximate surface area is 105 Å². The Morgan fingerprint density at radius 2 is 2.13 bits per heavy atom. The lowest BCUT2D eigenvalue weighted by Gasteiger charge is -2.00. The minimum Gasteiger partial charge on any atom is -0.388 e. The maximum atomic E-state index is 5.41. The van der Waals surface area contributed by atoms with Gasteiger partial charge in [0.15, 0.2) is 5.82 Å². The maximum absolute atomic E-state index is 5.41. The van der Waals surface area contributed by atoms with Crippen molar-refractivity contribution in [3.63, 3.8) is 0 Å². The van der Waals surface area contributed by atoms with E-state index in [2.05, 4.69) is 37.7 Å². The number of halogens is 1. The molecule has 0 spiro atoms. The molecule has 76 valence electrons. The Bertz CT molecular complexity index is 492. The van der Waals surface area contributed by atoms with Crippen molar-refractivity contribution in [1.82, 2.24) is 19.7 Å². The molecule has 5 nitrogen and oxygen atoms in total. The van der Waals surface area contributed by atoms with Gasteiger partial charge in [0, 0.05) is 6.20 Å². The normalized spacial score (nSPS) is 10.2. The fourth-order valence-electron chi connectivity index (χ4n) is 0.993. The third kappa shape index (κ3) is 2.29. The van der Waals surface area contributed by atoms with Gasteiger partial charge in [-0.25, -0.2) is 14.6 Å². The molecule has 0 saturated heterocycles. The van der Waals surface area contributed by atoms with Crippen LogP contribution in [0.5, 0.6) is 0 Å². The molecule has 0 fully saturated rings.